The summed E-state index contributed by atoms with van der Waals surface area (Å²) in [6.45, 7) is 4.18. The van der Waals surface area contributed by atoms with Gasteiger partial charge in [-0.05, 0) is 25.5 Å². The van der Waals surface area contributed by atoms with Crippen LogP contribution >= 0.6 is 11.8 Å². The van der Waals surface area contributed by atoms with Gasteiger partial charge in [-0.25, -0.2) is 4.99 Å². The van der Waals surface area contributed by atoms with Crippen LogP contribution in [-0.2, 0) is 5.75 Å². The van der Waals surface area contributed by atoms with Crippen LogP contribution in [-0.4, -0.2) is 5.04 Å². The van der Waals surface area contributed by atoms with Gasteiger partial charge in [-0.2, -0.15) is 0 Å². The number of aliphatic imine (C=N–C) groups is 1. The van der Waals surface area contributed by atoms with Crippen molar-refractivity contribution in [2.24, 2.45) is 4.99 Å². The fourth-order valence-electron chi connectivity index (χ4n) is 1.32. The van der Waals surface area contributed by atoms with Crippen LogP contribution in [0.3, 0.4) is 0 Å². The first-order chi connectivity index (χ1) is 5.75. The molecule has 1 aromatic carbocycles. The highest BCUT2D eigenvalue weighted by Gasteiger charge is 2.08. The standard InChI is InChI=1S/C10H11NS/c1-7-3-4-10-9(5-7)6-12-8(2)11-10/h3-5H,6H2,1-2H3. The average Bonchev–Trinajstić information content (AvgIpc) is 2.05. The van der Waals surface area contributed by atoms with Crippen molar-refractivity contribution in [2.45, 2.75) is 19.6 Å². The molecule has 0 spiro atoms. The molecule has 2 heteroatoms. The summed E-state index contributed by atoms with van der Waals surface area (Å²) in [4.78, 5) is 4.47. The molecule has 0 N–H and O–H groups in total. The maximum atomic E-state index is 4.47. The molecule has 0 radical (unpaired) electrons. The highest BCUT2D eigenvalue weighted by Crippen LogP contribution is 2.31. The predicted octanol–water partition coefficient (Wildman–Crippen LogP) is 3.29. The lowest BCUT2D eigenvalue weighted by molar-refractivity contribution is 1.31. The quantitative estimate of drug-likeness (QED) is 0.592. The van der Waals surface area contributed by atoms with Gasteiger partial charge in [0.1, 0.15) is 0 Å². The Bertz CT molecular complexity index is 342. The Morgan fingerprint density at radius 1 is 1.33 bits per heavy atom. The van der Waals surface area contributed by atoms with Crippen molar-refractivity contribution in [3.63, 3.8) is 0 Å². The first kappa shape index (κ1) is 7.87. The van der Waals surface area contributed by atoms with Gasteiger partial charge in [-0.1, -0.05) is 17.7 Å². The second-order valence-corrected chi connectivity index (χ2v) is 4.22. The largest absolute Gasteiger partial charge is 0.247 e. The number of thioether (sulfide) groups is 1. The van der Waals surface area contributed by atoms with E-state index in [0.29, 0.717) is 0 Å². The van der Waals surface area contributed by atoms with E-state index in [4.69, 9.17) is 0 Å². The molecule has 0 atom stereocenters. The SMILES string of the molecule is CC1=Nc2ccc(C)cc2CS1. The lowest BCUT2D eigenvalue weighted by atomic mass is 10.1. The number of aryl methyl sites for hydroxylation is 1. The van der Waals surface area contributed by atoms with Gasteiger partial charge in [-0.3, -0.25) is 0 Å². The van der Waals surface area contributed by atoms with E-state index in [1.165, 1.54) is 16.2 Å². The fourth-order valence-corrected chi connectivity index (χ4v) is 2.08. The maximum absolute atomic E-state index is 4.47. The molecular formula is C10H11NS. The van der Waals surface area contributed by atoms with Crippen LogP contribution in [0.25, 0.3) is 0 Å². The van der Waals surface area contributed by atoms with Gasteiger partial charge < -0.3 is 0 Å². The van der Waals surface area contributed by atoms with Gasteiger partial charge in [0, 0.05) is 5.75 Å². The topological polar surface area (TPSA) is 12.4 Å². The molecule has 62 valence electrons. The minimum atomic E-state index is 1.08. The van der Waals surface area contributed by atoms with E-state index in [1.807, 2.05) is 11.8 Å². The predicted molar refractivity (Wildman–Crippen MR) is 55.2 cm³/mol. The number of nitrogens with zero attached hydrogens (tertiary/aromatic N) is 1. The third kappa shape index (κ3) is 1.39. The molecule has 12 heavy (non-hydrogen) atoms. The zero-order valence-corrected chi connectivity index (χ0v) is 8.11. The van der Waals surface area contributed by atoms with Crippen LogP contribution in [0.15, 0.2) is 23.2 Å². The number of hydrogen-bond donors (Lipinski definition) is 0. The molecule has 0 aromatic heterocycles. The summed E-state index contributed by atoms with van der Waals surface area (Å²) in [6.07, 6.45) is 0. The minimum Gasteiger partial charge on any atom is -0.247 e. The molecule has 0 unspecified atom stereocenters. The molecule has 1 heterocycles. The molecule has 0 saturated heterocycles. The van der Waals surface area contributed by atoms with Crippen molar-refractivity contribution < 1.29 is 0 Å². The van der Waals surface area contributed by atoms with Gasteiger partial charge in [0.25, 0.3) is 0 Å². The molecule has 1 aliphatic rings. The van der Waals surface area contributed by atoms with Crippen LogP contribution in [0, 0.1) is 6.92 Å². The monoisotopic (exact) mass is 177 g/mol. The summed E-state index contributed by atoms with van der Waals surface area (Å²) in [6, 6.07) is 6.44. The summed E-state index contributed by atoms with van der Waals surface area (Å²) in [7, 11) is 0. The average molecular weight is 177 g/mol. The second-order valence-electron chi connectivity index (χ2n) is 3.05. The summed E-state index contributed by atoms with van der Waals surface area (Å²) < 4.78 is 0. The summed E-state index contributed by atoms with van der Waals surface area (Å²) in [5, 5.41) is 1.17. The first-order valence-electron chi connectivity index (χ1n) is 4.03. The Morgan fingerprint density at radius 2 is 2.17 bits per heavy atom. The van der Waals surface area contributed by atoms with Gasteiger partial charge in [0.05, 0.1) is 10.7 Å². The van der Waals surface area contributed by atoms with Crippen molar-refractivity contribution in [1.29, 1.82) is 0 Å². The van der Waals surface area contributed by atoms with Crippen LogP contribution in [0.4, 0.5) is 5.69 Å². The Balaban J connectivity index is 2.51. The zero-order chi connectivity index (χ0) is 8.55. The van der Waals surface area contributed by atoms with E-state index in [0.717, 1.165) is 11.4 Å². The summed E-state index contributed by atoms with van der Waals surface area (Å²) in [5.74, 6) is 1.08. The maximum Gasteiger partial charge on any atom is 0.0710 e. The molecule has 0 aliphatic carbocycles. The summed E-state index contributed by atoms with van der Waals surface area (Å²) in [5.41, 5.74) is 3.84. The first-order valence-corrected chi connectivity index (χ1v) is 5.02. The third-order valence-corrected chi connectivity index (χ3v) is 2.91. The molecule has 0 bridgehead atoms. The molecular weight excluding hydrogens is 166 g/mol. The van der Waals surface area contributed by atoms with E-state index < -0.39 is 0 Å². The fraction of sp³-hybridized carbons (Fsp3) is 0.300. The Kier molecular flexibility index (Phi) is 1.93. The molecule has 1 aliphatic heterocycles. The summed E-state index contributed by atoms with van der Waals surface area (Å²) >= 11 is 1.82. The van der Waals surface area contributed by atoms with E-state index in [-0.39, 0.29) is 0 Å². The normalized spacial score (nSPS) is 15.3. The Morgan fingerprint density at radius 3 is 3.00 bits per heavy atom. The van der Waals surface area contributed by atoms with Crippen molar-refractivity contribution in [3.05, 3.63) is 29.3 Å². The molecule has 0 fully saturated rings. The smallest absolute Gasteiger partial charge is 0.0710 e. The molecule has 1 aromatic rings. The molecule has 1 nitrogen and oxygen atoms in total. The lowest BCUT2D eigenvalue weighted by Gasteiger charge is -2.12. The van der Waals surface area contributed by atoms with Gasteiger partial charge in [0.15, 0.2) is 0 Å². The van der Waals surface area contributed by atoms with Gasteiger partial charge in [-0.15, -0.1) is 11.8 Å². The van der Waals surface area contributed by atoms with E-state index in [1.54, 1.807) is 0 Å². The van der Waals surface area contributed by atoms with Crippen molar-refractivity contribution in [2.75, 3.05) is 0 Å². The molecule has 0 amide bonds. The van der Waals surface area contributed by atoms with Crippen LogP contribution in [0.1, 0.15) is 18.1 Å². The van der Waals surface area contributed by atoms with E-state index in [9.17, 15) is 0 Å². The highest BCUT2D eigenvalue weighted by molar-refractivity contribution is 8.13. The lowest BCUT2D eigenvalue weighted by Crippen LogP contribution is -1.94. The van der Waals surface area contributed by atoms with E-state index >= 15 is 0 Å². The molecule has 2 rings (SSSR count). The Labute approximate surface area is 76.9 Å². The van der Waals surface area contributed by atoms with Crippen LogP contribution in [0.2, 0.25) is 0 Å². The number of benzene rings is 1. The van der Waals surface area contributed by atoms with Crippen LogP contribution in [0.5, 0.6) is 0 Å². The second kappa shape index (κ2) is 2.94. The van der Waals surface area contributed by atoms with Crippen molar-refractivity contribution in [1.82, 2.24) is 0 Å². The number of rotatable bonds is 0. The van der Waals surface area contributed by atoms with Gasteiger partial charge in [0.2, 0.25) is 0 Å². The van der Waals surface area contributed by atoms with Crippen molar-refractivity contribution >= 4 is 22.5 Å². The molecule has 0 saturated carbocycles. The third-order valence-electron chi connectivity index (χ3n) is 1.95. The van der Waals surface area contributed by atoms with Crippen molar-refractivity contribution in [3.8, 4) is 0 Å². The van der Waals surface area contributed by atoms with E-state index in [2.05, 4.69) is 37.0 Å². The Hall–Kier alpha value is -0.760. The van der Waals surface area contributed by atoms with Crippen LogP contribution < -0.4 is 0 Å². The number of hydrogen-bond acceptors (Lipinski definition) is 2. The van der Waals surface area contributed by atoms with Gasteiger partial charge >= 0.3 is 0 Å². The highest BCUT2D eigenvalue weighted by atomic mass is 32.2. The zero-order valence-electron chi connectivity index (χ0n) is 7.29. The number of fused-ring (bicyclic) bond motifs is 1. The minimum absolute atomic E-state index is 1.08.